The zero-order chi connectivity index (χ0) is 20.9. The number of piperidine rings is 1. The molecule has 0 radical (unpaired) electrons. The highest BCUT2D eigenvalue weighted by Gasteiger charge is 2.48. The fourth-order valence-corrected chi connectivity index (χ4v) is 9.35. The smallest absolute Gasteiger partial charge is 0.0616 e. The quantitative estimate of drug-likeness (QED) is 0.520. The van der Waals surface area contributed by atoms with Crippen LogP contribution < -0.4 is 5.32 Å². The summed E-state index contributed by atoms with van der Waals surface area (Å²) in [7, 11) is 0. The lowest BCUT2D eigenvalue weighted by Gasteiger charge is -2.34. The van der Waals surface area contributed by atoms with Crippen molar-refractivity contribution >= 4 is 22.7 Å². The molecule has 0 bridgehead atoms. The van der Waals surface area contributed by atoms with Crippen LogP contribution in [0, 0.1) is 24.7 Å². The second-order valence-corrected chi connectivity index (χ2v) is 13.4. The summed E-state index contributed by atoms with van der Waals surface area (Å²) in [6.45, 7) is 5.76. The van der Waals surface area contributed by atoms with Gasteiger partial charge in [-0.2, -0.15) is 0 Å². The van der Waals surface area contributed by atoms with E-state index in [0.29, 0.717) is 24.2 Å². The lowest BCUT2D eigenvalue weighted by Crippen LogP contribution is -2.31. The van der Waals surface area contributed by atoms with Crippen molar-refractivity contribution in [3.63, 3.8) is 0 Å². The van der Waals surface area contributed by atoms with Crippen LogP contribution in [-0.2, 0) is 4.74 Å². The highest BCUT2D eigenvalue weighted by Crippen LogP contribution is 2.52. The van der Waals surface area contributed by atoms with Crippen LogP contribution in [0.2, 0.25) is 0 Å². The first-order chi connectivity index (χ1) is 15.1. The Morgan fingerprint density at radius 1 is 0.774 bits per heavy atom. The highest BCUT2D eigenvalue weighted by molar-refractivity contribution is 7.12. The van der Waals surface area contributed by atoms with E-state index < -0.39 is 0 Å². The van der Waals surface area contributed by atoms with Crippen molar-refractivity contribution < 1.29 is 4.74 Å². The van der Waals surface area contributed by atoms with Crippen LogP contribution in [0.15, 0.2) is 24.3 Å². The molecule has 2 aliphatic carbocycles. The van der Waals surface area contributed by atoms with E-state index in [-0.39, 0.29) is 0 Å². The van der Waals surface area contributed by atoms with Crippen LogP contribution in [0.25, 0.3) is 0 Å². The van der Waals surface area contributed by atoms with Gasteiger partial charge in [-0.1, -0.05) is 13.3 Å². The van der Waals surface area contributed by atoms with Crippen LogP contribution in [0.4, 0.5) is 0 Å². The Kier molecular flexibility index (Phi) is 5.79. The molecular formula is C27H37NOS2. The standard InChI is InChI=1S/C27H37NOS2/c1-16-3-7-20-21-8-5-18(14-24(21)29-23(20)13-16)25-11-12-26(31-25)19-6-9-22(28-15-19)27-10-4-17(2)30-27/h4,10-12,16,18-24,28H,3,5-9,13-15H2,1-2H3. The summed E-state index contributed by atoms with van der Waals surface area (Å²) < 4.78 is 6.67. The van der Waals surface area contributed by atoms with Crippen molar-refractivity contribution in [2.24, 2.45) is 17.8 Å². The van der Waals surface area contributed by atoms with Crippen LogP contribution in [0.1, 0.15) is 95.7 Å². The van der Waals surface area contributed by atoms with Gasteiger partial charge in [-0.25, -0.2) is 0 Å². The fourth-order valence-electron chi connectivity index (χ4n) is 7.07. The Morgan fingerprint density at radius 3 is 2.23 bits per heavy atom. The maximum absolute atomic E-state index is 6.67. The zero-order valence-electron chi connectivity index (χ0n) is 19.0. The maximum atomic E-state index is 6.67. The molecule has 4 heteroatoms. The van der Waals surface area contributed by atoms with Crippen LogP contribution >= 0.6 is 22.7 Å². The van der Waals surface area contributed by atoms with E-state index in [0.717, 1.165) is 30.2 Å². The van der Waals surface area contributed by atoms with Gasteiger partial charge >= 0.3 is 0 Å². The first-order valence-electron chi connectivity index (χ1n) is 12.7. The number of rotatable bonds is 3. The molecular weight excluding hydrogens is 418 g/mol. The number of thiophene rings is 2. The third kappa shape index (κ3) is 4.07. The number of ether oxygens (including phenoxy) is 1. The molecule has 6 rings (SSSR count). The number of nitrogens with one attached hydrogen (secondary N) is 1. The van der Waals surface area contributed by atoms with E-state index >= 15 is 0 Å². The van der Waals surface area contributed by atoms with E-state index in [2.05, 4.69) is 54.8 Å². The first kappa shape index (κ1) is 20.9. The Morgan fingerprint density at radius 2 is 1.48 bits per heavy atom. The molecule has 4 fully saturated rings. The van der Waals surface area contributed by atoms with Crippen molar-refractivity contribution in [2.75, 3.05) is 6.54 Å². The fraction of sp³-hybridized carbons (Fsp3) is 0.704. The number of aryl methyl sites for hydroxylation is 1. The van der Waals surface area contributed by atoms with Crippen molar-refractivity contribution in [2.45, 2.75) is 95.3 Å². The molecule has 2 aromatic heterocycles. The largest absolute Gasteiger partial charge is 0.374 e. The summed E-state index contributed by atoms with van der Waals surface area (Å²) in [5.74, 6) is 4.02. The number of fused-ring (bicyclic) bond motifs is 3. The second kappa shape index (κ2) is 8.59. The van der Waals surface area contributed by atoms with Crippen molar-refractivity contribution in [3.8, 4) is 0 Å². The Hall–Kier alpha value is -0.680. The first-order valence-corrected chi connectivity index (χ1v) is 14.3. The van der Waals surface area contributed by atoms with Crippen molar-refractivity contribution in [1.29, 1.82) is 0 Å². The average molecular weight is 456 g/mol. The lowest BCUT2D eigenvalue weighted by molar-refractivity contribution is -0.00542. The molecule has 8 atom stereocenters. The minimum atomic E-state index is 0.538. The Bertz CT molecular complexity index is 895. The van der Waals surface area contributed by atoms with E-state index in [9.17, 15) is 0 Å². The molecule has 31 heavy (non-hydrogen) atoms. The van der Waals surface area contributed by atoms with E-state index in [1.54, 1.807) is 9.75 Å². The molecule has 8 unspecified atom stereocenters. The van der Waals surface area contributed by atoms with Crippen LogP contribution in [0.5, 0.6) is 0 Å². The van der Waals surface area contributed by atoms with E-state index in [4.69, 9.17) is 4.74 Å². The maximum Gasteiger partial charge on any atom is 0.0616 e. The van der Waals surface area contributed by atoms with Crippen molar-refractivity contribution in [3.05, 3.63) is 43.8 Å². The summed E-state index contributed by atoms with van der Waals surface area (Å²) >= 11 is 4.07. The topological polar surface area (TPSA) is 21.3 Å². The normalized spacial score (nSPS) is 40.5. The Balaban J connectivity index is 1.07. The van der Waals surface area contributed by atoms with Gasteiger partial charge in [0.15, 0.2) is 0 Å². The summed E-state index contributed by atoms with van der Waals surface area (Å²) in [6.07, 6.45) is 11.9. The van der Waals surface area contributed by atoms with E-state index in [1.807, 2.05) is 11.3 Å². The minimum absolute atomic E-state index is 0.538. The molecule has 2 saturated heterocycles. The molecule has 4 heterocycles. The molecule has 2 saturated carbocycles. The van der Waals surface area contributed by atoms with Gasteiger partial charge in [0, 0.05) is 38.0 Å². The summed E-state index contributed by atoms with van der Waals surface area (Å²) in [5, 5.41) is 3.85. The SMILES string of the molecule is Cc1ccc(C2CCC(c3ccc(C4CCC5C(C4)OC4CC(C)CCC45)s3)CN2)s1. The average Bonchev–Trinajstić information content (AvgIpc) is 3.51. The minimum Gasteiger partial charge on any atom is -0.374 e. The predicted molar refractivity (Wildman–Crippen MR) is 131 cm³/mol. The van der Waals surface area contributed by atoms with Crippen LogP contribution in [0.3, 0.4) is 0 Å². The van der Waals surface area contributed by atoms with Crippen molar-refractivity contribution in [1.82, 2.24) is 5.32 Å². The summed E-state index contributed by atoms with van der Waals surface area (Å²) in [6, 6.07) is 10.1. The van der Waals surface area contributed by atoms with Gasteiger partial charge in [-0.3, -0.25) is 0 Å². The van der Waals surface area contributed by atoms with Crippen LogP contribution in [-0.4, -0.2) is 18.8 Å². The number of hydrogen-bond donors (Lipinski definition) is 1. The molecule has 2 nitrogen and oxygen atoms in total. The zero-order valence-corrected chi connectivity index (χ0v) is 20.6. The molecule has 0 spiro atoms. The molecule has 4 aliphatic rings. The van der Waals surface area contributed by atoms with E-state index in [1.165, 1.54) is 61.1 Å². The highest BCUT2D eigenvalue weighted by atomic mass is 32.1. The van der Waals surface area contributed by atoms with Gasteiger partial charge in [0.25, 0.3) is 0 Å². The molecule has 168 valence electrons. The third-order valence-electron chi connectivity index (χ3n) is 8.82. The van der Waals surface area contributed by atoms with Gasteiger partial charge in [0.05, 0.1) is 12.2 Å². The Labute approximate surface area is 195 Å². The molecule has 2 aliphatic heterocycles. The number of hydrogen-bond acceptors (Lipinski definition) is 4. The third-order valence-corrected chi connectivity index (χ3v) is 11.3. The van der Waals surface area contributed by atoms with Gasteiger partial charge < -0.3 is 10.1 Å². The predicted octanol–water partition coefficient (Wildman–Crippen LogP) is 7.41. The molecule has 0 amide bonds. The molecule has 1 N–H and O–H groups in total. The summed E-state index contributed by atoms with van der Waals surface area (Å²) in [4.78, 5) is 6.19. The van der Waals surface area contributed by atoms with Gasteiger partial charge in [-0.05, 0) is 99.8 Å². The molecule has 0 aromatic carbocycles. The second-order valence-electron chi connectivity index (χ2n) is 10.9. The monoisotopic (exact) mass is 455 g/mol. The summed E-state index contributed by atoms with van der Waals surface area (Å²) in [5.41, 5.74) is 0. The van der Waals surface area contributed by atoms with Gasteiger partial charge in [0.1, 0.15) is 0 Å². The van der Waals surface area contributed by atoms with Gasteiger partial charge in [0.2, 0.25) is 0 Å². The lowest BCUT2D eigenvalue weighted by atomic mass is 9.69. The molecule has 2 aromatic rings. The van der Waals surface area contributed by atoms with Gasteiger partial charge in [-0.15, -0.1) is 22.7 Å².